The van der Waals surface area contributed by atoms with Crippen LogP contribution in [0.15, 0.2) is 69.3 Å². The summed E-state index contributed by atoms with van der Waals surface area (Å²) in [7, 11) is 1.62. The maximum atomic E-state index is 12.6. The van der Waals surface area contributed by atoms with Crippen molar-refractivity contribution in [1.82, 2.24) is 9.55 Å². The van der Waals surface area contributed by atoms with Gasteiger partial charge in [0.2, 0.25) is 5.88 Å². The van der Waals surface area contributed by atoms with Gasteiger partial charge in [-0.2, -0.15) is 0 Å². The Morgan fingerprint density at radius 1 is 1.19 bits per heavy atom. The van der Waals surface area contributed by atoms with Crippen LogP contribution in [0.3, 0.4) is 0 Å². The second-order valence-electron chi connectivity index (χ2n) is 6.26. The molecule has 1 aliphatic rings. The van der Waals surface area contributed by atoms with Gasteiger partial charge in [0.25, 0.3) is 5.56 Å². The van der Waals surface area contributed by atoms with Crippen LogP contribution in [0.1, 0.15) is 22.8 Å². The highest BCUT2D eigenvalue weighted by atomic mass is 32.2. The van der Waals surface area contributed by atoms with Gasteiger partial charge in [0.1, 0.15) is 5.56 Å². The first-order valence-corrected chi connectivity index (χ1v) is 9.74. The minimum Gasteiger partial charge on any atom is -0.494 e. The fourth-order valence-electron chi connectivity index (χ4n) is 3.09. The van der Waals surface area contributed by atoms with Crippen LogP contribution >= 0.6 is 24.0 Å². The molecule has 0 saturated carbocycles. The number of rotatable bonds is 2. The van der Waals surface area contributed by atoms with E-state index in [-0.39, 0.29) is 21.5 Å². The van der Waals surface area contributed by atoms with E-state index in [1.165, 1.54) is 4.57 Å². The third kappa shape index (κ3) is 3.36. The maximum absolute atomic E-state index is 12.6. The number of fused-ring (bicyclic) bond motifs is 1. The number of hydrogen-bond acceptors (Lipinski definition) is 5. The first kappa shape index (κ1) is 17.8. The fourth-order valence-corrected chi connectivity index (χ4v) is 4.50. The van der Waals surface area contributed by atoms with Crippen molar-refractivity contribution in [2.75, 3.05) is 0 Å². The zero-order valence-electron chi connectivity index (χ0n) is 14.5. The van der Waals surface area contributed by atoms with Crippen molar-refractivity contribution in [3.8, 4) is 5.88 Å². The quantitative estimate of drug-likeness (QED) is 0.627. The lowest BCUT2D eigenvalue weighted by molar-refractivity contribution is 0.419. The molecule has 4 rings (SSSR count). The van der Waals surface area contributed by atoms with E-state index in [9.17, 15) is 9.90 Å². The van der Waals surface area contributed by atoms with E-state index in [0.717, 1.165) is 16.1 Å². The van der Waals surface area contributed by atoms with E-state index >= 15 is 0 Å². The molecule has 5 nitrogen and oxygen atoms in total. The fraction of sp³-hybridized carbons (Fsp3) is 0.150. The predicted octanol–water partition coefficient (Wildman–Crippen LogP) is 4.51. The third-order valence-corrected chi connectivity index (χ3v) is 6.22. The summed E-state index contributed by atoms with van der Waals surface area (Å²) in [5.41, 5.74) is 2.23. The van der Waals surface area contributed by atoms with Crippen molar-refractivity contribution in [3.05, 3.63) is 80.8 Å². The van der Waals surface area contributed by atoms with Crippen molar-refractivity contribution >= 4 is 35.4 Å². The Balaban J connectivity index is 1.92. The molecular formula is C20H17N3O2S2. The van der Waals surface area contributed by atoms with Crippen LogP contribution in [0.25, 0.3) is 0 Å². The summed E-state index contributed by atoms with van der Waals surface area (Å²) in [6.45, 7) is 0. The van der Waals surface area contributed by atoms with Crippen LogP contribution in [-0.4, -0.2) is 20.4 Å². The summed E-state index contributed by atoms with van der Waals surface area (Å²) in [6, 6.07) is 18.0. The van der Waals surface area contributed by atoms with Gasteiger partial charge >= 0.3 is 0 Å². The molecule has 136 valence electrons. The molecule has 0 spiro atoms. The molecule has 2 aromatic carbocycles. The number of hydrogen-bond donors (Lipinski definition) is 2. The molecule has 1 aromatic heterocycles. The Morgan fingerprint density at radius 3 is 2.67 bits per heavy atom. The van der Waals surface area contributed by atoms with E-state index in [1.54, 1.807) is 18.8 Å². The summed E-state index contributed by atoms with van der Waals surface area (Å²) in [6.07, 6.45) is 0.511. The molecule has 0 radical (unpaired) electrons. The average molecular weight is 396 g/mol. The standard InChI is InChI=1S/C20H17N3O2S2/c1-23-19(25)17(18(24)22-20(23)26)14-11-16(12-7-3-2-4-8-12)27-15-10-6-5-9-13(15)21-14/h2-10,16,25H,11H2,1H3,(H,22,24,26)/t16-/m1/s1. The largest absolute Gasteiger partial charge is 0.494 e. The number of nitrogens with one attached hydrogen (secondary N) is 1. The molecule has 2 heterocycles. The van der Waals surface area contributed by atoms with Gasteiger partial charge in [-0.05, 0) is 29.9 Å². The van der Waals surface area contributed by atoms with Gasteiger partial charge in [-0.15, -0.1) is 11.8 Å². The summed E-state index contributed by atoms with van der Waals surface area (Å²) < 4.78 is 1.56. The lowest BCUT2D eigenvalue weighted by Crippen LogP contribution is -2.23. The van der Waals surface area contributed by atoms with Gasteiger partial charge in [-0.1, -0.05) is 42.5 Å². The Hall–Kier alpha value is -2.64. The number of thioether (sulfide) groups is 1. The monoisotopic (exact) mass is 395 g/mol. The average Bonchev–Trinajstić information content (AvgIpc) is 2.86. The van der Waals surface area contributed by atoms with Gasteiger partial charge < -0.3 is 5.11 Å². The van der Waals surface area contributed by atoms with Gasteiger partial charge in [-0.3, -0.25) is 19.3 Å². The van der Waals surface area contributed by atoms with Crippen molar-refractivity contribution in [3.63, 3.8) is 0 Å². The number of aromatic amines is 1. The molecule has 1 atom stereocenters. The molecule has 3 aromatic rings. The summed E-state index contributed by atoms with van der Waals surface area (Å²) >= 11 is 6.79. The minimum atomic E-state index is -0.425. The van der Waals surface area contributed by atoms with Crippen LogP contribution in [0.4, 0.5) is 5.69 Å². The summed E-state index contributed by atoms with van der Waals surface area (Å²) in [4.78, 5) is 21.0. The molecule has 2 N–H and O–H groups in total. The van der Waals surface area contributed by atoms with Gasteiger partial charge in [-0.25, -0.2) is 0 Å². The number of aliphatic imine (C=N–C) groups is 1. The first-order chi connectivity index (χ1) is 13.0. The molecular weight excluding hydrogens is 378 g/mol. The van der Waals surface area contributed by atoms with Crippen molar-refractivity contribution in [1.29, 1.82) is 0 Å². The molecule has 7 heteroatoms. The second-order valence-corrected chi connectivity index (χ2v) is 7.90. The van der Waals surface area contributed by atoms with E-state index in [0.29, 0.717) is 12.1 Å². The SMILES string of the molecule is Cn1c(O)c(C2=Nc3ccccc3S[C@@H](c3ccccc3)C2)c(=O)[nH]c1=S. The van der Waals surface area contributed by atoms with Crippen LogP contribution in [0, 0.1) is 4.77 Å². The van der Waals surface area contributed by atoms with E-state index < -0.39 is 5.56 Å². The topological polar surface area (TPSA) is 70.4 Å². The lowest BCUT2D eigenvalue weighted by atomic mass is 10.0. The molecule has 0 saturated heterocycles. The zero-order chi connectivity index (χ0) is 19.0. The van der Waals surface area contributed by atoms with Gasteiger partial charge in [0.15, 0.2) is 4.77 Å². The van der Waals surface area contributed by atoms with E-state index in [1.807, 2.05) is 42.5 Å². The Labute approximate surface area is 165 Å². The van der Waals surface area contributed by atoms with Gasteiger partial charge in [0, 0.05) is 23.6 Å². The molecule has 0 bridgehead atoms. The maximum Gasteiger partial charge on any atom is 0.264 e. The van der Waals surface area contributed by atoms with Crippen LogP contribution in [0.2, 0.25) is 0 Å². The highest BCUT2D eigenvalue weighted by molar-refractivity contribution is 7.99. The Bertz CT molecular complexity index is 1150. The molecule has 0 fully saturated rings. The van der Waals surface area contributed by atoms with Crippen molar-refractivity contribution in [2.45, 2.75) is 16.6 Å². The molecule has 0 amide bonds. The normalized spacial score (nSPS) is 16.3. The third-order valence-electron chi connectivity index (χ3n) is 4.52. The minimum absolute atomic E-state index is 0.0703. The zero-order valence-corrected chi connectivity index (χ0v) is 16.2. The van der Waals surface area contributed by atoms with Crippen LogP contribution in [-0.2, 0) is 7.05 Å². The lowest BCUT2D eigenvalue weighted by Gasteiger charge is -2.16. The second kappa shape index (κ2) is 7.17. The van der Waals surface area contributed by atoms with E-state index in [4.69, 9.17) is 17.2 Å². The smallest absolute Gasteiger partial charge is 0.264 e. The molecule has 1 aliphatic heterocycles. The number of benzene rings is 2. The molecule has 0 unspecified atom stereocenters. The Kier molecular flexibility index (Phi) is 4.72. The Morgan fingerprint density at radius 2 is 1.89 bits per heavy atom. The predicted molar refractivity (Wildman–Crippen MR) is 111 cm³/mol. The van der Waals surface area contributed by atoms with Crippen LogP contribution < -0.4 is 5.56 Å². The molecule has 0 aliphatic carbocycles. The van der Waals surface area contributed by atoms with Crippen LogP contribution in [0.5, 0.6) is 5.88 Å². The summed E-state index contributed by atoms with van der Waals surface area (Å²) in [5, 5.41) is 10.7. The van der Waals surface area contributed by atoms with Crippen molar-refractivity contribution < 1.29 is 5.11 Å². The molecule has 27 heavy (non-hydrogen) atoms. The van der Waals surface area contributed by atoms with Gasteiger partial charge in [0.05, 0.1) is 11.4 Å². The summed E-state index contributed by atoms with van der Waals surface area (Å²) in [5.74, 6) is -0.168. The van der Waals surface area contributed by atoms with Crippen molar-refractivity contribution in [2.24, 2.45) is 12.0 Å². The highest BCUT2D eigenvalue weighted by Crippen LogP contribution is 2.45. The number of nitrogens with zero attached hydrogens (tertiary/aromatic N) is 2. The van der Waals surface area contributed by atoms with E-state index in [2.05, 4.69) is 17.1 Å². The number of aromatic nitrogens is 2. The first-order valence-electron chi connectivity index (χ1n) is 8.45. The highest BCUT2D eigenvalue weighted by Gasteiger charge is 2.26. The number of para-hydroxylation sites is 1. The number of aromatic hydroxyl groups is 1. The number of H-pyrrole nitrogens is 1.